The summed E-state index contributed by atoms with van der Waals surface area (Å²) in [5, 5.41) is 12.5. The molecule has 2 heterocycles. The predicted octanol–water partition coefficient (Wildman–Crippen LogP) is -1.78. The van der Waals surface area contributed by atoms with Gasteiger partial charge >= 0.3 is 0 Å². The van der Waals surface area contributed by atoms with Crippen LogP contribution in [0.15, 0.2) is 24.3 Å². The third-order valence-electron chi connectivity index (χ3n) is 5.00. The molecular formula is C18H30N6O2+2. The summed E-state index contributed by atoms with van der Waals surface area (Å²) >= 11 is 0. The van der Waals surface area contributed by atoms with Gasteiger partial charge in [-0.1, -0.05) is 0 Å². The van der Waals surface area contributed by atoms with Crippen molar-refractivity contribution in [2.45, 2.75) is 19.5 Å². The fraction of sp³-hybridized carbons (Fsp3) is 0.611. The summed E-state index contributed by atoms with van der Waals surface area (Å²) in [4.78, 5) is 3.09. The van der Waals surface area contributed by atoms with E-state index in [-0.39, 0.29) is 6.04 Å². The lowest BCUT2D eigenvalue weighted by Crippen LogP contribution is -3.27. The van der Waals surface area contributed by atoms with Crippen molar-refractivity contribution in [2.24, 2.45) is 0 Å². The lowest BCUT2D eigenvalue weighted by Gasteiger charge is -2.32. The number of piperazine rings is 1. The normalized spacial score (nSPS) is 21.5. The van der Waals surface area contributed by atoms with Crippen molar-refractivity contribution in [3.05, 3.63) is 35.7 Å². The lowest BCUT2D eigenvalue weighted by molar-refractivity contribution is -1.02. The van der Waals surface area contributed by atoms with E-state index in [2.05, 4.69) is 34.7 Å². The van der Waals surface area contributed by atoms with Crippen molar-refractivity contribution >= 4 is 0 Å². The number of ether oxygens (including phenoxy) is 2. The maximum atomic E-state index is 5.60. The van der Waals surface area contributed by atoms with Gasteiger partial charge < -0.3 is 19.3 Å². The minimum Gasteiger partial charge on any atom is -0.494 e. The topological polar surface area (TPSA) is 70.9 Å². The number of nitrogens with one attached hydrogen (secondary N) is 2. The SMILES string of the molecule is CCOc1ccc([C@@H](c2nnnn2CCOC)[NH+]2CC[NH+](C)CC2)cc1. The van der Waals surface area contributed by atoms with Gasteiger partial charge in [0.05, 0.1) is 26.8 Å². The van der Waals surface area contributed by atoms with Gasteiger partial charge in [-0.05, 0) is 41.6 Å². The Labute approximate surface area is 154 Å². The zero-order valence-corrected chi connectivity index (χ0v) is 15.9. The molecule has 1 atom stereocenters. The molecule has 142 valence electrons. The van der Waals surface area contributed by atoms with Gasteiger partial charge in [0.15, 0.2) is 6.04 Å². The smallest absolute Gasteiger partial charge is 0.214 e. The summed E-state index contributed by atoms with van der Waals surface area (Å²) in [6.07, 6.45) is 0. The molecule has 2 aromatic rings. The minimum absolute atomic E-state index is 0.116. The maximum absolute atomic E-state index is 5.60. The molecule has 1 aromatic heterocycles. The third kappa shape index (κ3) is 4.38. The second-order valence-electron chi connectivity index (χ2n) is 6.80. The van der Waals surface area contributed by atoms with Crippen LogP contribution >= 0.6 is 0 Å². The standard InChI is InChI=1S/C18H28N6O2/c1-4-26-16-7-5-15(6-8-16)17(23-11-9-22(2)10-12-23)18-19-20-21-24(18)13-14-25-3/h5-8,17H,4,9-14H2,1-3H3/p+2/t17-/m0/s1. The van der Waals surface area contributed by atoms with Gasteiger partial charge in [0.2, 0.25) is 5.82 Å². The maximum Gasteiger partial charge on any atom is 0.214 e. The highest BCUT2D eigenvalue weighted by molar-refractivity contribution is 5.30. The van der Waals surface area contributed by atoms with Crippen molar-refractivity contribution in [1.29, 1.82) is 0 Å². The molecule has 1 aromatic carbocycles. The fourth-order valence-corrected chi connectivity index (χ4v) is 3.53. The van der Waals surface area contributed by atoms with E-state index in [1.165, 1.54) is 10.5 Å². The van der Waals surface area contributed by atoms with Crippen LogP contribution in [-0.2, 0) is 11.3 Å². The van der Waals surface area contributed by atoms with E-state index >= 15 is 0 Å². The molecule has 0 saturated carbocycles. The highest BCUT2D eigenvalue weighted by atomic mass is 16.5. The average molecular weight is 362 g/mol. The first-order valence-electron chi connectivity index (χ1n) is 9.36. The number of tetrazole rings is 1. The van der Waals surface area contributed by atoms with Gasteiger partial charge in [-0.3, -0.25) is 0 Å². The molecule has 1 aliphatic heterocycles. The Hall–Kier alpha value is -2.03. The second-order valence-corrected chi connectivity index (χ2v) is 6.80. The van der Waals surface area contributed by atoms with E-state index in [1.54, 1.807) is 12.0 Å². The highest BCUT2D eigenvalue weighted by Crippen LogP contribution is 2.20. The molecule has 0 aliphatic carbocycles. The largest absolute Gasteiger partial charge is 0.494 e. The van der Waals surface area contributed by atoms with Crippen LogP contribution in [0.2, 0.25) is 0 Å². The molecule has 26 heavy (non-hydrogen) atoms. The number of hydrogen-bond acceptors (Lipinski definition) is 5. The quantitative estimate of drug-likeness (QED) is 0.581. The molecule has 0 amide bonds. The zero-order chi connectivity index (χ0) is 18.4. The molecule has 3 rings (SSSR count). The van der Waals surface area contributed by atoms with Crippen LogP contribution < -0.4 is 14.5 Å². The van der Waals surface area contributed by atoms with E-state index in [0.717, 1.165) is 37.8 Å². The number of quaternary nitrogens is 2. The van der Waals surface area contributed by atoms with Crippen LogP contribution in [0, 0.1) is 0 Å². The van der Waals surface area contributed by atoms with Gasteiger partial charge in [0.25, 0.3) is 0 Å². The molecule has 0 unspecified atom stereocenters. The number of methoxy groups -OCH3 is 1. The third-order valence-corrected chi connectivity index (χ3v) is 5.00. The average Bonchev–Trinajstić information content (AvgIpc) is 3.11. The number of rotatable bonds is 8. The Morgan fingerprint density at radius 2 is 1.88 bits per heavy atom. The van der Waals surface area contributed by atoms with Crippen molar-refractivity contribution < 1.29 is 19.3 Å². The fourth-order valence-electron chi connectivity index (χ4n) is 3.53. The summed E-state index contributed by atoms with van der Waals surface area (Å²) in [6.45, 7) is 8.43. The molecule has 0 bridgehead atoms. The predicted molar refractivity (Wildman–Crippen MR) is 96.5 cm³/mol. The van der Waals surface area contributed by atoms with Gasteiger partial charge in [0, 0.05) is 12.7 Å². The van der Waals surface area contributed by atoms with E-state index < -0.39 is 0 Å². The molecule has 0 spiro atoms. The van der Waals surface area contributed by atoms with Crippen LogP contribution in [0.1, 0.15) is 24.4 Å². The molecule has 0 radical (unpaired) electrons. The van der Waals surface area contributed by atoms with Crippen LogP contribution in [0.25, 0.3) is 0 Å². The van der Waals surface area contributed by atoms with Crippen molar-refractivity contribution in [3.8, 4) is 5.75 Å². The van der Waals surface area contributed by atoms with Crippen molar-refractivity contribution in [3.63, 3.8) is 0 Å². The molecule has 8 heteroatoms. The first-order chi connectivity index (χ1) is 12.7. The summed E-state index contributed by atoms with van der Waals surface area (Å²) in [6, 6.07) is 8.48. The Bertz CT molecular complexity index is 667. The highest BCUT2D eigenvalue weighted by Gasteiger charge is 2.34. The van der Waals surface area contributed by atoms with E-state index in [0.29, 0.717) is 19.8 Å². The van der Waals surface area contributed by atoms with E-state index in [4.69, 9.17) is 9.47 Å². The summed E-state index contributed by atoms with van der Waals surface area (Å²) in [5.74, 6) is 1.80. The van der Waals surface area contributed by atoms with Crippen molar-refractivity contribution in [2.75, 3.05) is 53.6 Å². The van der Waals surface area contributed by atoms with E-state index in [9.17, 15) is 0 Å². The summed E-state index contributed by atoms with van der Waals surface area (Å²) in [7, 11) is 3.95. The molecular weight excluding hydrogens is 332 g/mol. The Balaban J connectivity index is 1.90. The summed E-state index contributed by atoms with van der Waals surface area (Å²) < 4.78 is 12.7. The Morgan fingerprint density at radius 1 is 1.15 bits per heavy atom. The summed E-state index contributed by atoms with van der Waals surface area (Å²) in [5.41, 5.74) is 1.22. The Morgan fingerprint density at radius 3 is 2.54 bits per heavy atom. The number of nitrogens with zero attached hydrogens (tertiary/aromatic N) is 4. The molecule has 1 fully saturated rings. The first kappa shape index (κ1) is 18.8. The lowest BCUT2D eigenvalue weighted by atomic mass is 10.0. The van der Waals surface area contributed by atoms with Crippen molar-refractivity contribution in [1.82, 2.24) is 20.2 Å². The number of aromatic nitrogens is 4. The zero-order valence-electron chi connectivity index (χ0n) is 15.9. The minimum atomic E-state index is 0.116. The Kier molecular flexibility index (Phi) is 6.54. The first-order valence-corrected chi connectivity index (χ1v) is 9.36. The van der Waals surface area contributed by atoms with Crippen LogP contribution in [0.3, 0.4) is 0 Å². The number of likely N-dealkylation sites (N-methyl/N-ethyl adjacent to an activating group) is 1. The van der Waals surface area contributed by atoms with Gasteiger partial charge in [-0.2, -0.15) is 0 Å². The number of hydrogen-bond donors (Lipinski definition) is 2. The van der Waals surface area contributed by atoms with Crippen LogP contribution in [-0.4, -0.2) is 73.8 Å². The van der Waals surface area contributed by atoms with Gasteiger partial charge in [-0.25, -0.2) is 4.68 Å². The monoisotopic (exact) mass is 362 g/mol. The van der Waals surface area contributed by atoms with Crippen LogP contribution in [0.4, 0.5) is 0 Å². The van der Waals surface area contributed by atoms with Crippen LogP contribution in [0.5, 0.6) is 5.75 Å². The number of benzene rings is 1. The second kappa shape index (κ2) is 9.07. The molecule has 1 aliphatic rings. The molecule has 1 saturated heterocycles. The molecule has 2 N–H and O–H groups in total. The van der Waals surface area contributed by atoms with Gasteiger partial charge in [-0.15, -0.1) is 5.10 Å². The van der Waals surface area contributed by atoms with E-state index in [1.807, 2.05) is 23.7 Å². The molecule has 8 nitrogen and oxygen atoms in total. The van der Waals surface area contributed by atoms with Gasteiger partial charge in [0.1, 0.15) is 31.9 Å².